The number of carbonyl (C=O) groups is 1. The molecule has 0 aliphatic carbocycles. The summed E-state index contributed by atoms with van der Waals surface area (Å²) in [5.74, 6) is 0.0278. The van der Waals surface area contributed by atoms with Crippen LogP contribution >= 0.6 is 0 Å². The number of nitrogens with two attached hydrogens (primary N) is 1. The average molecular weight is 282 g/mol. The van der Waals surface area contributed by atoms with Gasteiger partial charge in [-0.05, 0) is 35.9 Å². The van der Waals surface area contributed by atoms with Gasteiger partial charge < -0.3 is 15.2 Å². The highest BCUT2D eigenvalue weighted by molar-refractivity contribution is 5.90. The zero-order valence-electron chi connectivity index (χ0n) is 11.5. The Bertz CT molecular complexity index is 705. The quantitative estimate of drug-likeness (QED) is 0.688. The number of anilines is 1. The van der Waals surface area contributed by atoms with Crippen LogP contribution in [0.3, 0.4) is 0 Å². The van der Waals surface area contributed by atoms with Gasteiger partial charge in [-0.2, -0.15) is 5.26 Å². The number of benzene rings is 2. The Kier molecular flexibility index (Phi) is 4.42. The Hall–Kier alpha value is -3.00. The van der Waals surface area contributed by atoms with Crippen LogP contribution in [0.2, 0.25) is 0 Å². The van der Waals surface area contributed by atoms with Gasteiger partial charge in [-0.3, -0.25) is 0 Å². The average Bonchev–Trinajstić information content (AvgIpc) is 2.53. The molecule has 0 spiro atoms. The first-order valence-electron chi connectivity index (χ1n) is 6.23. The van der Waals surface area contributed by atoms with Gasteiger partial charge in [-0.1, -0.05) is 12.1 Å². The number of hydrogen-bond donors (Lipinski definition) is 1. The summed E-state index contributed by atoms with van der Waals surface area (Å²) in [6.07, 6.45) is 0. The largest absolute Gasteiger partial charge is 0.487 e. The lowest BCUT2D eigenvalue weighted by Gasteiger charge is -2.10. The van der Waals surface area contributed by atoms with E-state index in [9.17, 15) is 4.79 Å². The van der Waals surface area contributed by atoms with Crippen LogP contribution in [0, 0.1) is 11.3 Å². The number of nitriles is 1. The van der Waals surface area contributed by atoms with E-state index in [0.29, 0.717) is 22.6 Å². The third-order valence-electron chi connectivity index (χ3n) is 2.88. The van der Waals surface area contributed by atoms with Crippen LogP contribution in [-0.4, -0.2) is 13.1 Å². The lowest BCUT2D eigenvalue weighted by molar-refractivity contribution is 0.0600. The van der Waals surface area contributed by atoms with Crippen molar-refractivity contribution in [1.29, 1.82) is 5.26 Å². The maximum Gasteiger partial charge on any atom is 0.337 e. The molecule has 0 amide bonds. The first kappa shape index (κ1) is 14.4. The number of nitrogens with zero attached hydrogens (tertiary/aromatic N) is 1. The Balaban J connectivity index is 2.10. The van der Waals surface area contributed by atoms with Gasteiger partial charge in [0.15, 0.2) is 0 Å². The molecule has 21 heavy (non-hydrogen) atoms. The van der Waals surface area contributed by atoms with E-state index in [-0.39, 0.29) is 6.61 Å². The maximum atomic E-state index is 11.4. The number of carbonyl (C=O) groups excluding carboxylic acids is 1. The van der Waals surface area contributed by atoms with Crippen molar-refractivity contribution in [2.24, 2.45) is 0 Å². The molecule has 2 rings (SSSR count). The van der Waals surface area contributed by atoms with Crippen LogP contribution in [0.5, 0.6) is 5.75 Å². The number of esters is 1. The van der Waals surface area contributed by atoms with E-state index in [2.05, 4.69) is 10.8 Å². The number of methoxy groups -OCH3 is 1. The second-order valence-corrected chi connectivity index (χ2v) is 4.35. The summed E-state index contributed by atoms with van der Waals surface area (Å²) in [5, 5.41) is 8.84. The third-order valence-corrected chi connectivity index (χ3v) is 2.88. The molecule has 0 atom stereocenters. The molecule has 0 saturated heterocycles. The Labute approximate surface area is 122 Å². The summed E-state index contributed by atoms with van der Waals surface area (Å²) in [6, 6.07) is 13.9. The second kappa shape index (κ2) is 6.44. The Morgan fingerprint density at radius 1 is 1.29 bits per heavy atom. The Morgan fingerprint density at radius 3 is 2.76 bits per heavy atom. The minimum atomic E-state index is -0.449. The van der Waals surface area contributed by atoms with Gasteiger partial charge in [0.05, 0.1) is 30.0 Å². The molecule has 2 aromatic carbocycles. The monoisotopic (exact) mass is 282 g/mol. The highest BCUT2D eigenvalue weighted by atomic mass is 16.5. The van der Waals surface area contributed by atoms with E-state index < -0.39 is 5.97 Å². The minimum Gasteiger partial charge on any atom is -0.487 e. The maximum absolute atomic E-state index is 11.4. The third kappa shape index (κ3) is 3.51. The molecule has 0 aromatic heterocycles. The SMILES string of the molecule is COC(=O)c1ccc(OCc2cccc(C#N)c2)c(N)c1. The molecule has 0 aliphatic rings. The summed E-state index contributed by atoms with van der Waals surface area (Å²) in [6.45, 7) is 0.289. The highest BCUT2D eigenvalue weighted by Gasteiger charge is 2.09. The summed E-state index contributed by atoms with van der Waals surface area (Å²) in [4.78, 5) is 11.4. The number of ether oxygens (including phenoxy) is 2. The van der Waals surface area contributed by atoms with Crippen molar-refractivity contribution in [2.75, 3.05) is 12.8 Å². The van der Waals surface area contributed by atoms with Gasteiger partial charge >= 0.3 is 5.97 Å². The molecular weight excluding hydrogens is 268 g/mol. The van der Waals surface area contributed by atoms with Crippen molar-refractivity contribution in [3.63, 3.8) is 0 Å². The van der Waals surface area contributed by atoms with E-state index in [1.807, 2.05) is 6.07 Å². The molecular formula is C16H14N2O3. The van der Waals surface area contributed by atoms with Crippen LogP contribution in [-0.2, 0) is 11.3 Å². The molecule has 0 heterocycles. The number of rotatable bonds is 4. The van der Waals surface area contributed by atoms with Gasteiger partial charge in [-0.25, -0.2) is 4.79 Å². The zero-order valence-corrected chi connectivity index (χ0v) is 11.5. The fourth-order valence-electron chi connectivity index (χ4n) is 1.82. The van der Waals surface area contributed by atoms with Crippen molar-refractivity contribution in [1.82, 2.24) is 0 Å². The molecule has 0 radical (unpaired) electrons. The molecule has 0 unspecified atom stereocenters. The molecule has 2 aromatic rings. The van der Waals surface area contributed by atoms with E-state index in [0.717, 1.165) is 5.56 Å². The van der Waals surface area contributed by atoms with Gasteiger partial charge in [-0.15, -0.1) is 0 Å². The normalized spacial score (nSPS) is 9.71. The minimum absolute atomic E-state index is 0.289. The van der Waals surface area contributed by atoms with Crippen LogP contribution in [0.25, 0.3) is 0 Å². The molecule has 2 N–H and O–H groups in total. The molecule has 0 bridgehead atoms. The van der Waals surface area contributed by atoms with E-state index in [4.69, 9.17) is 15.7 Å². The van der Waals surface area contributed by atoms with Gasteiger partial charge in [0.2, 0.25) is 0 Å². The highest BCUT2D eigenvalue weighted by Crippen LogP contribution is 2.24. The molecule has 0 fully saturated rings. The van der Waals surface area contributed by atoms with E-state index in [1.165, 1.54) is 13.2 Å². The lowest BCUT2D eigenvalue weighted by Crippen LogP contribution is -2.04. The summed E-state index contributed by atoms with van der Waals surface area (Å²) in [7, 11) is 1.31. The molecule has 0 aliphatic heterocycles. The summed E-state index contributed by atoms with van der Waals surface area (Å²) >= 11 is 0. The first-order chi connectivity index (χ1) is 10.1. The second-order valence-electron chi connectivity index (χ2n) is 4.35. The Morgan fingerprint density at radius 2 is 2.10 bits per heavy atom. The van der Waals surface area contributed by atoms with Gasteiger partial charge in [0.25, 0.3) is 0 Å². The summed E-state index contributed by atoms with van der Waals surface area (Å²) < 4.78 is 10.2. The summed E-state index contributed by atoms with van der Waals surface area (Å²) in [5.41, 5.74) is 8.01. The predicted octanol–water partition coefficient (Wildman–Crippen LogP) is 2.51. The van der Waals surface area contributed by atoms with Crippen molar-refractivity contribution in [3.8, 4) is 11.8 Å². The number of nitrogen functional groups attached to an aromatic ring is 1. The smallest absolute Gasteiger partial charge is 0.337 e. The lowest BCUT2D eigenvalue weighted by atomic mass is 10.1. The van der Waals surface area contributed by atoms with Crippen LogP contribution < -0.4 is 10.5 Å². The zero-order chi connectivity index (χ0) is 15.2. The van der Waals surface area contributed by atoms with Crippen LogP contribution in [0.15, 0.2) is 42.5 Å². The van der Waals surface area contributed by atoms with Crippen molar-refractivity contribution >= 4 is 11.7 Å². The van der Waals surface area contributed by atoms with Crippen LogP contribution in [0.1, 0.15) is 21.5 Å². The van der Waals surface area contributed by atoms with Crippen molar-refractivity contribution < 1.29 is 14.3 Å². The van der Waals surface area contributed by atoms with Gasteiger partial charge in [0, 0.05) is 0 Å². The van der Waals surface area contributed by atoms with E-state index in [1.54, 1.807) is 30.3 Å². The van der Waals surface area contributed by atoms with Crippen molar-refractivity contribution in [3.05, 3.63) is 59.2 Å². The standard InChI is InChI=1S/C16H14N2O3/c1-20-16(19)13-5-6-15(14(18)8-13)21-10-12-4-2-3-11(7-12)9-17/h2-8H,10,18H2,1H3. The topological polar surface area (TPSA) is 85.3 Å². The molecule has 5 nitrogen and oxygen atoms in total. The fraction of sp³-hybridized carbons (Fsp3) is 0.125. The first-order valence-corrected chi connectivity index (χ1v) is 6.23. The fourth-order valence-corrected chi connectivity index (χ4v) is 1.82. The predicted molar refractivity (Wildman–Crippen MR) is 77.7 cm³/mol. The van der Waals surface area contributed by atoms with Gasteiger partial charge in [0.1, 0.15) is 12.4 Å². The van der Waals surface area contributed by atoms with Crippen molar-refractivity contribution in [2.45, 2.75) is 6.61 Å². The van der Waals surface area contributed by atoms with E-state index >= 15 is 0 Å². The molecule has 5 heteroatoms. The molecule has 0 saturated carbocycles. The number of hydrogen-bond acceptors (Lipinski definition) is 5. The van der Waals surface area contributed by atoms with Crippen LogP contribution in [0.4, 0.5) is 5.69 Å². The molecule has 106 valence electrons.